The number of halogens is 1. The predicted octanol–water partition coefficient (Wildman–Crippen LogP) is 1.64. The summed E-state index contributed by atoms with van der Waals surface area (Å²) < 4.78 is 25.9. The van der Waals surface area contributed by atoms with Crippen LogP contribution in [0.1, 0.15) is 25.2 Å². The highest BCUT2D eigenvalue weighted by Crippen LogP contribution is 2.13. The molecule has 0 aliphatic heterocycles. The molecule has 0 atom stereocenters. The van der Waals surface area contributed by atoms with Gasteiger partial charge in [0.05, 0.1) is 24.3 Å². The van der Waals surface area contributed by atoms with Crippen LogP contribution in [-0.4, -0.2) is 27.7 Å². The zero-order valence-corrected chi connectivity index (χ0v) is 12.3. The highest BCUT2D eigenvalue weighted by Gasteiger charge is 2.14. The molecule has 0 aliphatic carbocycles. The highest BCUT2D eigenvalue weighted by molar-refractivity contribution is 8.13. The molecule has 0 radical (unpaired) electrons. The molecule has 2 rings (SSSR count). The molecule has 2 aromatic rings. The van der Waals surface area contributed by atoms with Crippen LogP contribution < -0.4 is 0 Å². The van der Waals surface area contributed by atoms with Crippen molar-refractivity contribution < 1.29 is 8.42 Å². The Hall–Kier alpha value is -1.34. The van der Waals surface area contributed by atoms with Crippen molar-refractivity contribution >= 4 is 19.7 Å². The number of aromatic nitrogens is 4. The summed E-state index contributed by atoms with van der Waals surface area (Å²) in [6.45, 7) is 5.34. The van der Waals surface area contributed by atoms with Crippen molar-refractivity contribution in [3.05, 3.63) is 30.0 Å². The SMILES string of the molecule is CCc1cc(Cn2cnc(S(=O)(=O)Cl)c2)n(CC)n1. The lowest BCUT2D eigenvalue weighted by molar-refractivity contribution is 0.593. The van der Waals surface area contributed by atoms with Gasteiger partial charge in [-0.2, -0.15) is 5.10 Å². The number of nitrogens with zero attached hydrogens (tertiary/aromatic N) is 4. The normalized spacial score (nSPS) is 11.9. The second kappa shape index (κ2) is 5.34. The molecule has 0 spiro atoms. The summed E-state index contributed by atoms with van der Waals surface area (Å²) in [6, 6.07) is 2.01. The molecule has 6 nitrogen and oxygen atoms in total. The van der Waals surface area contributed by atoms with Crippen LogP contribution in [0.2, 0.25) is 0 Å². The average molecular weight is 303 g/mol. The van der Waals surface area contributed by atoms with Crippen LogP contribution >= 0.6 is 10.7 Å². The number of hydrogen-bond acceptors (Lipinski definition) is 4. The number of imidazole rings is 1. The lowest BCUT2D eigenvalue weighted by Crippen LogP contribution is -2.06. The van der Waals surface area contributed by atoms with E-state index in [1.807, 2.05) is 24.6 Å². The summed E-state index contributed by atoms with van der Waals surface area (Å²) in [5.74, 6) is 0. The minimum atomic E-state index is -3.77. The highest BCUT2D eigenvalue weighted by atomic mass is 35.7. The molecule has 0 fully saturated rings. The first-order chi connectivity index (χ1) is 8.94. The number of rotatable bonds is 5. The first-order valence-corrected chi connectivity index (χ1v) is 8.27. The van der Waals surface area contributed by atoms with E-state index < -0.39 is 9.05 Å². The molecule has 0 unspecified atom stereocenters. The molecular weight excluding hydrogens is 288 g/mol. The third kappa shape index (κ3) is 3.16. The lowest BCUT2D eigenvalue weighted by Gasteiger charge is -2.04. The second-order valence-electron chi connectivity index (χ2n) is 4.12. The van der Waals surface area contributed by atoms with Gasteiger partial charge in [0.1, 0.15) is 0 Å². The monoisotopic (exact) mass is 302 g/mol. The average Bonchev–Trinajstić information content (AvgIpc) is 2.95. The molecule has 0 N–H and O–H groups in total. The van der Waals surface area contributed by atoms with Crippen LogP contribution in [0.15, 0.2) is 23.6 Å². The summed E-state index contributed by atoms with van der Waals surface area (Å²) in [6.07, 6.45) is 3.74. The largest absolute Gasteiger partial charge is 0.330 e. The van der Waals surface area contributed by atoms with Gasteiger partial charge >= 0.3 is 0 Å². The maximum Gasteiger partial charge on any atom is 0.280 e. The number of aryl methyl sites for hydroxylation is 2. The van der Waals surface area contributed by atoms with Crippen LogP contribution in [0, 0.1) is 0 Å². The van der Waals surface area contributed by atoms with Crippen LogP contribution in [0.25, 0.3) is 0 Å². The van der Waals surface area contributed by atoms with Gasteiger partial charge in [0.2, 0.25) is 0 Å². The molecule has 2 heterocycles. The fourth-order valence-electron chi connectivity index (χ4n) is 1.83. The molecule has 0 aromatic carbocycles. The van der Waals surface area contributed by atoms with Crippen molar-refractivity contribution in [1.29, 1.82) is 0 Å². The Kier molecular flexibility index (Phi) is 3.96. The zero-order valence-electron chi connectivity index (χ0n) is 10.7. The van der Waals surface area contributed by atoms with E-state index in [1.54, 1.807) is 4.57 Å². The van der Waals surface area contributed by atoms with Gasteiger partial charge in [-0.05, 0) is 19.4 Å². The third-order valence-electron chi connectivity index (χ3n) is 2.78. The van der Waals surface area contributed by atoms with Gasteiger partial charge in [0, 0.05) is 23.4 Å². The molecule has 0 saturated heterocycles. The van der Waals surface area contributed by atoms with Gasteiger partial charge in [0.25, 0.3) is 9.05 Å². The topological polar surface area (TPSA) is 69.8 Å². The van der Waals surface area contributed by atoms with Gasteiger partial charge in [-0.3, -0.25) is 4.68 Å². The second-order valence-corrected chi connectivity index (χ2v) is 6.63. The Bertz CT molecular complexity index is 675. The smallest absolute Gasteiger partial charge is 0.280 e. The number of hydrogen-bond donors (Lipinski definition) is 0. The fourth-order valence-corrected chi connectivity index (χ4v) is 2.50. The van der Waals surface area contributed by atoms with Gasteiger partial charge in [0.15, 0.2) is 5.03 Å². The van der Waals surface area contributed by atoms with Gasteiger partial charge in [-0.15, -0.1) is 0 Å². The fraction of sp³-hybridized carbons (Fsp3) is 0.455. The van der Waals surface area contributed by atoms with Crippen molar-refractivity contribution in [1.82, 2.24) is 19.3 Å². The van der Waals surface area contributed by atoms with Gasteiger partial charge < -0.3 is 4.57 Å². The first kappa shape index (κ1) is 14.1. The Morgan fingerprint density at radius 1 is 1.37 bits per heavy atom. The summed E-state index contributed by atoms with van der Waals surface area (Å²) >= 11 is 0. The first-order valence-electron chi connectivity index (χ1n) is 5.96. The summed E-state index contributed by atoms with van der Waals surface area (Å²) in [5.41, 5.74) is 2.03. The van der Waals surface area contributed by atoms with Gasteiger partial charge in [-0.25, -0.2) is 13.4 Å². The Labute approximate surface area is 116 Å². The Morgan fingerprint density at radius 2 is 2.11 bits per heavy atom. The summed E-state index contributed by atoms with van der Waals surface area (Å²) in [7, 11) is 1.47. The maximum absolute atomic E-state index is 11.1. The molecule has 0 saturated carbocycles. The van der Waals surface area contributed by atoms with E-state index in [9.17, 15) is 8.42 Å². The molecule has 2 aromatic heterocycles. The van der Waals surface area contributed by atoms with E-state index in [0.717, 1.165) is 24.4 Å². The van der Waals surface area contributed by atoms with Crippen molar-refractivity contribution in [3.8, 4) is 0 Å². The maximum atomic E-state index is 11.1. The van der Waals surface area contributed by atoms with E-state index in [1.165, 1.54) is 12.5 Å². The van der Waals surface area contributed by atoms with E-state index in [0.29, 0.717) is 6.54 Å². The minimum Gasteiger partial charge on any atom is -0.330 e. The standard InChI is InChI=1S/C11H15ClN4O2S/c1-3-9-5-10(16(4-2)14-9)6-15-7-11(13-8-15)19(12,17)18/h5,7-8H,3-4,6H2,1-2H3. The van der Waals surface area contributed by atoms with Crippen molar-refractivity contribution in [2.75, 3.05) is 0 Å². The van der Waals surface area contributed by atoms with Crippen molar-refractivity contribution in [3.63, 3.8) is 0 Å². The van der Waals surface area contributed by atoms with E-state index in [4.69, 9.17) is 10.7 Å². The molecule has 0 aliphatic rings. The van der Waals surface area contributed by atoms with Crippen LogP contribution in [-0.2, 0) is 28.6 Å². The third-order valence-corrected chi connectivity index (χ3v) is 3.96. The summed E-state index contributed by atoms with van der Waals surface area (Å²) in [4.78, 5) is 3.78. The van der Waals surface area contributed by atoms with E-state index in [2.05, 4.69) is 10.1 Å². The molecule has 0 bridgehead atoms. The Balaban J connectivity index is 2.26. The van der Waals surface area contributed by atoms with Crippen molar-refractivity contribution in [2.45, 2.75) is 38.4 Å². The molecule has 19 heavy (non-hydrogen) atoms. The molecule has 104 valence electrons. The summed E-state index contributed by atoms with van der Waals surface area (Å²) in [5, 5.41) is 4.31. The quantitative estimate of drug-likeness (QED) is 0.787. The zero-order chi connectivity index (χ0) is 14.0. The van der Waals surface area contributed by atoms with Crippen LogP contribution in [0.4, 0.5) is 0 Å². The molecular formula is C11H15ClN4O2S. The lowest BCUT2D eigenvalue weighted by atomic mass is 10.3. The van der Waals surface area contributed by atoms with Crippen molar-refractivity contribution in [2.24, 2.45) is 0 Å². The molecule has 0 amide bonds. The van der Waals surface area contributed by atoms with E-state index in [-0.39, 0.29) is 5.03 Å². The van der Waals surface area contributed by atoms with E-state index >= 15 is 0 Å². The minimum absolute atomic E-state index is 0.132. The van der Waals surface area contributed by atoms with Crippen LogP contribution in [0.3, 0.4) is 0 Å². The predicted molar refractivity (Wildman–Crippen MR) is 71.6 cm³/mol. The Morgan fingerprint density at radius 3 is 2.63 bits per heavy atom. The van der Waals surface area contributed by atoms with Crippen LogP contribution in [0.5, 0.6) is 0 Å². The van der Waals surface area contributed by atoms with Gasteiger partial charge in [-0.1, -0.05) is 6.92 Å². The molecule has 8 heteroatoms.